The van der Waals surface area contributed by atoms with E-state index in [1.54, 1.807) is 0 Å². The lowest BCUT2D eigenvalue weighted by atomic mass is 10.1. The van der Waals surface area contributed by atoms with Crippen molar-refractivity contribution in [3.05, 3.63) is 0 Å². The van der Waals surface area contributed by atoms with E-state index < -0.39 is 0 Å². The average Bonchev–Trinajstić information content (AvgIpc) is 2.30. The van der Waals surface area contributed by atoms with E-state index in [0.29, 0.717) is 6.42 Å². The summed E-state index contributed by atoms with van der Waals surface area (Å²) >= 11 is 0. The molecule has 3 heteroatoms. The van der Waals surface area contributed by atoms with Crippen LogP contribution >= 0.6 is 0 Å². The van der Waals surface area contributed by atoms with Crippen LogP contribution in [0.25, 0.3) is 0 Å². The standard InChI is InChI=1S/C16H34N2O/c1-14(2)13-17-12-10-8-6-5-7-9-11-16(19)18-15(3)4/h14-15,17H,5-13H2,1-4H3,(H,18,19). The number of nitrogens with one attached hydrogen (secondary N) is 2. The molecular formula is C16H34N2O. The molecule has 0 atom stereocenters. The van der Waals surface area contributed by atoms with E-state index in [0.717, 1.165) is 25.4 Å². The summed E-state index contributed by atoms with van der Waals surface area (Å²) in [5.41, 5.74) is 0. The molecule has 0 saturated carbocycles. The second-order valence-corrected chi connectivity index (χ2v) is 6.19. The van der Waals surface area contributed by atoms with Crippen LogP contribution in [0.15, 0.2) is 0 Å². The summed E-state index contributed by atoms with van der Waals surface area (Å²) in [5.74, 6) is 0.949. The molecule has 0 aromatic carbocycles. The lowest BCUT2D eigenvalue weighted by Crippen LogP contribution is -2.29. The van der Waals surface area contributed by atoms with E-state index >= 15 is 0 Å². The van der Waals surface area contributed by atoms with Crippen molar-refractivity contribution in [2.75, 3.05) is 13.1 Å². The fourth-order valence-corrected chi connectivity index (χ4v) is 2.03. The van der Waals surface area contributed by atoms with Crippen molar-refractivity contribution in [1.29, 1.82) is 0 Å². The molecule has 0 heterocycles. The SMILES string of the molecule is CC(C)CNCCCCCCCCC(=O)NC(C)C. The Labute approximate surface area is 119 Å². The zero-order valence-corrected chi connectivity index (χ0v) is 13.4. The molecule has 2 N–H and O–H groups in total. The van der Waals surface area contributed by atoms with Gasteiger partial charge in [-0.2, -0.15) is 0 Å². The highest BCUT2D eigenvalue weighted by Crippen LogP contribution is 2.07. The van der Waals surface area contributed by atoms with E-state index in [9.17, 15) is 4.79 Å². The summed E-state index contributed by atoms with van der Waals surface area (Å²) in [6.07, 6.45) is 8.06. The third-order valence-corrected chi connectivity index (χ3v) is 3.01. The number of hydrogen-bond acceptors (Lipinski definition) is 2. The van der Waals surface area contributed by atoms with Gasteiger partial charge in [0.2, 0.25) is 5.91 Å². The highest BCUT2D eigenvalue weighted by molar-refractivity contribution is 5.76. The fraction of sp³-hybridized carbons (Fsp3) is 0.938. The number of rotatable bonds is 12. The Morgan fingerprint density at radius 3 is 2.05 bits per heavy atom. The maximum absolute atomic E-state index is 11.4. The molecule has 3 nitrogen and oxygen atoms in total. The first-order chi connectivity index (χ1) is 9.02. The predicted octanol–water partition coefficient (Wildman–Crippen LogP) is 3.49. The molecule has 0 bridgehead atoms. The number of unbranched alkanes of at least 4 members (excludes halogenated alkanes) is 5. The molecule has 0 aromatic heterocycles. The molecule has 0 radical (unpaired) electrons. The topological polar surface area (TPSA) is 41.1 Å². The van der Waals surface area contributed by atoms with E-state index in [1.165, 1.54) is 32.1 Å². The van der Waals surface area contributed by atoms with Crippen molar-refractivity contribution in [2.24, 2.45) is 5.92 Å². The molecular weight excluding hydrogens is 236 g/mol. The van der Waals surface area contributed by atoms with Gasteiger partial charge in [-0.3, -0.25) is 4.79 Å². The van der Waals surface area contributed by atoms with Gasteiger partial charge in [-0.15, -0.1) is 0 Å². The van der Waals surface area contributed by atoms with Crippen LogP contribution in [0.2, 0.25) is 0 Å². The molecule has 0 aliphatic rings. The Hall–Kier alpha value is -0.570. The Morgan fingerprint density at radius 2 is 1.47 bits per heavy atom. The van der Waals surface area contributed by atoms with Gasteiger partial charge in [-0.25, -0.2) is 0 Å². The smallest absolute Gasteiger partial charge is 0.220 e. The Balaban J connectivity index is 3.13. The lowest BCUT2D eigenvalue weighted by molar-refractivity contribution is -0.121. The number of hydrogen-bond donors (Lipinski definition) is 2. The summed E-state index contributed by atoms with van der Waals surface area (Å²) in [6.45, 7) is 10.8. The van der Waals surface area contributed by atoms with Gasteiger partial charge < -0.3 is 10.6 Å². The van der Waals surface area contributed by atoms with Gasteiger partial charge in [0.05, 0.1) is 0 Å². The van der Waals surface area contributed by atoms with Gasteiger partial charge in [-0.05, 0) is 45.7 Å². The minimum Gasteiger partial charge on any atom is -0.354 e. The summed E-state index contributed by atoms with van der Waals surface area (Å²) in [5, 5.41) is 6.40. The summed E-state index contributed by atoms with van der Waals surface area (Å²) < 4.78 is 0. The normalized spacial score (nSPS) is 11.3. The molecule has 0 aliphatic heterocycles. The van der Waals surface area contributed by atoms with Crippen molar-refractivity contribution in [2.45, 2.75) is 78.7 Å². The third kappa shape index (κ3) is 15.4. The monoisotopic (exact) mass is 270 g/mol. The van der Waals surface area contributed by atoms with Crippen LogP contribution in [0.3, 0.4) is 0 Å². The van der Waals surface area contributed by atoms with Crippen LogP contribution in [0, 0.1) is 5.92 Å². The van der Waals surface area contributed by atoms with E-state index in [1.807, 2.05) is 13.8 Å². The van der Waals surface area contributed by atoms with Gasteiger partial charge in [0.1, 0.15) is 0 Å². The number of amides is 1. The van der Waals surface area contributed by atoms with Crippen molar-refractivity contribution in [3.8, 4) is 0 Å². The van der Waals surface area contributed by atoms with Crippen molar-refractivity contribution >= 4 is 5.91 Å². The largest absolute Gasteiger partial charge is 0.354 e. The molecule has 0 fully saturated rings. The second-order valence-electron chi connectivity index (χ2n) is 6.19. The fourth-order valence-electron chi connectivity index (χ4n) is 2.03. The van der Waals surface area contributed by atoms with Gasteiger partial charge in [0.25, 0.3) is 0 Å². The van der Waals surface area contributed by atoms with E-state index in [-0.39, 0.29) is 11.9 Å². The van der Waals surface area contributed by atoms with Crippen molar-refractivity contribution in [1.82, 2.24) is 10.6 Å². The molecule has 0 aliphatic carbocycles. The zero-order chi connectivity index (χ0) is 14.5. The first-order valence-electron chi connectivity index (χ1n) is 8.02. The quantitative estimate of drug-likeness (QED) is 0.533. The second kappa shape index (κ2) is 12.5. The molecule has 0 spiro atoms. The molecule has 0 aromatic rings. The van der Waals surface area contributed by atoms with Crippen LogP contribution in [0.1, 0.15) is 72.6 Å². The summed E-state index contributed by atoms with van der Waals surface area (Å²) in [6, 6.07) is 0.269. The highest BCUT2D eigenvalue weighted by Gasteiger charge is 2.02. The maximum atomic E-state index is 11.4. The Morgan fingerprint density at radius 1 is 0.895 bits per heavy atom. The minimum absolute atomic E-state index is 0.202. The predicted molar refractivity (Wildman–Crippen MR) is 83.3 cm³/mol. The van der Waals surface area contributed by atoms with Gasteiger partial charge >= 0.3 is 0 Å². The van der Waals surface area contributed by atoms with Crippen molar-refractivity contribution in [3.63, 3.8) is 0 Å². The van der Waals surface area contributed by atoms with Gasteiger partial charge in [0, 0.05) is 12.5 Å². The molecule has 0 rings (SSSR count). The third-order valence-electron chi connectivity index (χ3n) is 3.01. The molecule has 0 saturated heterocycles. The first kappa shape index (κ1) is 18.4. The van der Waals surface area contributed by atoms with Crippen LogP contribution in [0.5, 0.6) is 0 Å². The molecule has 0 unspecified atom stereocenters. The summed E-state index contributed by atoms with van der Waals surface area (Å²) in [4.78, 5) is 11.4. The molecule has 19 heavy (non-hydrogen) atoms. The van der Waals surface area contributed by atoms with E-state index in [2.05, 4.69) is 24.5 Å². The van der Waals surface area contributed by atoms with Crippen LogP contribution < -0.4 is 10.6 Å². The first-order valence-corrected chi connectivity index (χ1v) is 8.02. The molecule has 1 amide bonds. The Bertz CT molecular complexity index is 215. The van der Waals surface area contributed by atoms with Gasteiger partial charge in [0.15, 0.2) is 0 Å². The lowest BCUT2D eigenvalue weighted by Gasteiger charge is -2.08. The Kier molecular flexibility index (Phi) is 12.1. The van der Waals surface area contributed by atoms with Crippen molar-refractivity contribution < 1.29 is 4.79 Å². The van der Waals surface area contributed by atoms with E-state index in [4.69, 9.17) is 0 Å². The highest BCUT2D eigenvalue weighted by atomic mass is 16.1. The number of carbonyl (C=O) groups is 1. The molecule has 114 valence electrons. The minimum atomic E-state index is 0.202. The number of carbonyl (C=O) groups excluding carboxylic acids is 1. The van der Waals surface area contributed by atoms with Crippen LogP contribution in [-0.4, -0.2) is 25.0 Å². The van der Waals surface area contributed by atoms with Gasteiger partial charge in [-0.1, -0.05) is 39.5 Å². The average molecular weight is 270 g/mol. The maximum Gasteiger partial charge on any atom is 0.220 e. The summed E-state index contributed by atoms with van der Waals surface area (Å²) in [7, 11) is 0. The zero-order valence-electron chi connectivity index (χ0n) is 13.4. The van der Waals surface area contributed by atoms with Crippen LogP contribution in [0.4, 0.5) is 0 Å². The van der Waals surface area contributed by atoms with Crippen LogP contribution in [-0.2, 0) is 4.79 Å².